The zero-order chi connectivity index (χ0) is 23.3. The predicted octanol–water partition coefficient (Wildman–Crippen LogP) is 2.22. The van der Waals surface area contributed by atoms with Crippen LogP contribution in [0.4, 0.5) is 0 Å². The highest BCUT2D eigenvalue weighted by atomic mass is 16.5. The first-order valence-electron chi connectivity index (χ1n) is 11.4. The van der Waals surface area contributed by atoms with Crippen molar-refractivity contribution in [3.8, 4) is 5.88 Å². The third-order valence-electron chi connectivity index (χ3n) is 6.30. The average Bonchev–Trinajstić information content (AvgIpc) is 2.81. The standard InChI is InChI=1S/C24H35N3O5/c1-5-6-18-11-20-22(25-12-18)32-21(16(2)13-27(24(20)30)17(3)15-28)14-26(4)23(29)19-7-9-31-10-8-19/h5-6,11-12,16-17,19,21,28H,7-10,13-15H2,1-4H3/b6-5+/t16-,17+,21+/m0/s1. The van der Waals surface area contributed by atoms with Gasteiger partial charge in [0.05, 0.1) is 19.2 Å². The second kappa shape index (κ2) is 10.9. The van der Waals surface area contributed by atoms with Crippen molar-refractivity contribution in [2.24, 2.45) is 11.8 Å². The van der Waals surface area contributed by atoms with Crippen molar-refractivity contribution in [2.45, 2.75) is 45.8 Å². The van der Waals surface area contributed by atoms with Crippen LogP contribution in [0.15, 0.2) is 18.3 Å². The first-order chi connectivity index (χ1) is 15.3. The average molecular weight is 446 g/mol. The Morgan fingerprint density at radius 1 is 1.41 bits per heavy atom. The van der Waals surface area contributed by atoms with E-state index in [2.05, 4.69) is 4.98 Å². The van der Waals surface area contributed by atoms with Gasteiger partial charge in [0.1, 0.15) is 11.7 Å². The van der Waals surface area contributed by atoms with Crippen LogP contribution in [0.3, 0.4) is 0 Å². The lowest BCUT2D eigenvalue weighted by Gasteiger charge is -2.38. The van der Waals surface area contributed by atoms with E-state index in [4.69, 9.17) is 9.47 Å². The summed E-state index contributed by atoms with van der Waals surface area (Å²) in [4.78, 5) is 34.1. The van der Waals surface area contributed by atoms with Gasteiger partial charge in [-0.1, -0.05) is 19.1 Å². The maximum absolute atomic E-state index is 13.3. The summed E-state index contributed by atoms with van der Waals surface area (Å²) < 4.78 is 11.6. The topological polar surface area (TPSA) is 92.2 Å². The van der Waals surface area contributed by atoms with E-state index in [9.17, 15) is 14.7 Å². The quantitative estimate of drug-likeness (QED) is 0.722. The molecule has 2 amide bonds. The van der Waals surface area contributed by atoms with Crippen LogP contribution in [0.5, 0.6) is 5.88 Å². The van der Waals surface area contributed by atoms with Crippen molar-refractivity contribution in [1.29, 1.82) is 0 Å². The number of carbonyl (C=O) groups excluding carboxylic acids is 2. The summed E-state index contributed by atoms with van der Waals surface area (Å²) in [6, 6.07) is 1.43. The van der Waals surface area contributed by atoms with Crippen LogP contribution in [0, 0.1) is 11.8 Å². The van der Waals surface area contributed by atoms with Gasteiger partial charge in [-0.15, -0.1) is 0 Å². The molecular formula is C24H35N3O5. The van der Waals surface area contributed by atoms with E-state index in [1.807, 2.05) is 32.9 Å². The van der Waals surface area contributed by atoms with E-state index in [1.54, 1.807) is 29.1 Å². The van der Waals surface area contributed by atoms with Gasteiger partial charge in [0.25, 0.3) is 5.91 Å². The van der Waals surface area contributed by atoms with E-state index in [0.717, 1.165) is 18.4 Å². The number of ether oxygens (including phenoxy) is 2. The molecule has 0 aliphatic carbocycles. The van der Waals surface area contributed by atoms with Crippen molar-refractivity contribution >= 4 is 17.9 Å². The molecule has 1 saturated heterocycles. The van der Waals surface area contributed by atoms with Gasteiger partial charge in [-0.2, -0.15) is 0 Å². The number of aromatic nitrogens is 1. The molecule has 3 heterocycles. The SMILES string of the molecule is C/C=C/c1cnc2c(c1)C(=O)N([C@H](C)CO)C[C@H](C)[C@@H](CN(C)C(=O)C1CCOCC1)O2. The number of hydrogen-bond acceptors (Lipinski definition) is 6. The molecule has 3 atom stereocenters. The summed E-state index contributed by atoms with van der Waals surface area (Å²) in [5, 5.41) is 9.75. The van der Waals surface area contributed by atoms with E-state index in [0.29, 0.717) is 31.9 Å². The van der Waals surface area contributed by atoms with Gasteiger partial charge < -0.3 is 24.4 Å². The highest BCUT2D eigenvalue weighted by molar-refractivity contribution is 5.97. The Labute approximate surface area is 190 Å². The monoisotopic (exact) mass is 445 g/mol. The van der Waals surface area contributed by atoms with Crippen LogP contribution >= 0.6 is 0 Å². The maximum atomic E-state index is 13.3. The van der Waals surface area contributed by atoms with Gasteiger partial charge in [-0.25, -0.2) is 4.98 Å². The minimum absolute atomic E-state index is 0.0288. The summed E-state index contributed by atoms with van der Waals surface area (Å²) in [5.74, 6) is 0.0561. The molecule has 0 spiro atoms. The molecule has 0 unspecified atom stereocenters. The molecule has 2 aliphatic heterocycles. The lowest BCUT2D eigenvalue weighted by molar-refractivity contribution is -0.138. The fourth-order valence-electron chi connectivity index (χ4n) is 4.24. The van der Waals surface area contributed by atoms with E-state index < -0.39 is 0 Å². The molecule has 8 nitrogen and oxygen atoms in total. The summed E-state index contributed by atoms with van der Waals surface area (Å²) in [6.07, 6.45) is 6.56. The molecule has 2 aliphatic rings. The lowest BCUT2D eigenvalue weighted by atomic mass is 9.97. The Hall–Kier alpha value is -2.45. The molecule has 0 aromatic carbocycles. The number of amides is 2. The van der Waals surface area contributed by atoms with E-state index in [-0.39, 0.29) is 48.3 Å². The number of pyridine rings is 1. The van der Waals surface area contributed by atoms with Crippen LogP contribution < -0.4 is 4.74 Å². The number of aliphatic hydroxyl groups excluding tert-OH is 1. The molecule has 3 rings (SSSR count). The van der Waals surface area contributed by atoms with E-state index in [1.165, 1.54) is 0 Å². The maximum Gasteiger partial charge on any atom is 0.259 e. The number of fused-ring (bicyclic) bond motifs is 1. The third kappa shape index (κ3) is 5.48. The number of carbonyl (C=O) groups is 2. The molecule has 1 aromatic rings. The Kier molecular flexibility index (Phi) is 8.26. The Bertz CT molecular complexity index is 837. The molecule has 8 heteroatoms. The molecule has 0 saturated carbocycles. The van der Waals surface area contributed by atoms with Crippen LogP contribution in [0.1, 0.15) is 49.5 Å². The summed E-state index contributed by atoms with van der Waals surface area (Å²) >= 11 is 0. The zero-order valence-electron chi connectivity index (χ0n) is 19.5. The van der Waals surface area contributed by atoms with Gasteiger partial charge >= 0.3 is 0 Å². The summed E-state index contributed by atoms with van der Waals surface area (Å²) in [7, 11) is 1.80. The van der Waals surface area contributed by atoms with Crippen molar-refractivity contribution in [3.05, 3.63) is 29.5 Å². The minimum Gasteiger partial charge on any atom is -0.472 e. The second-order valence-electron chi connectivity index (χ2n) is 8.85. The fourth-order valence-corrected chi connectivity index (χ4v) is 4.24. The normalized spacial score (nSPS) is 23.3. The number of likely N-dealkylation sites (N-methyl/N-ethyl adjacent to an activating group) is 1. The third-order valence-corrected chi connectivity index (χ3v) is 6.30. The number of aliphatic hydroxyl groups is 1. The van der Waals surface area contributed by atoms with E-state index >= 15 is 0 Å². The van der Waals surface area contributed by atoms with Crippen LogP contribution in [0.2, 0.25) is 0 Å². The lowest BCUT2D eigenvalue weighted by Crippen LogP contribution is -2.51. The van der Waals surface area contributed by atoms with Crippen LogP contribution in [0.25, 0.3) is 6.08 Å². The first kappa shape index (κ1) is 24.2. The number of hydrogen-bond donors (Lipinski definition) is 1. The second-order valence-corrected chi connectivity index (χ2v) is 8.85. The van der Waals surface area contributed by atoms with Crippen molar-refractivity contribution < 1.29 is 24.2 Å². The molecule has 1 N–H and O–H groups in total. The summed E-state index contributed by atoms with van der Waals surface area (Å²) in [6.45, 7) is 7.63. The highest BCUT2D eigenvalue weighted by Crippen LogP contribution is 2.28. The van der Waals surface area contributed by atoms with Crippen LogP contribution in [-0.2, 0) is 9.53 Å². The largest absolute Gasteiger partial charge is 0.472 e. The van der Waals surface area contributed by atoms with Gasteiger partial charge in [0, 0.05) is 44.8 Å². The molecule has 0 radical (unpaired) electrons. The Morgan fingerprint density at radius 2 is 2.12 bits per heavy atom. The highest BCUT2D eigenvalue weighted by Gasteiger charge is 2.35. The predicted molar refractivity (Wildman–Crippen MR) is 121 cm³/mol. The number of nitrogens with zero attached hydrogens (tertiary/aromatic N) is 3. The van der Waals surface area contributed by atoms with Gasteiger partial charge in [0.15, 0.2) is 0 Å². The zero-order valence-corrected chi connectivity index (χ0v) is 19.5. The van der Waals surface area contributed by atoms with Gasteiger partial charge in [-0.3, -0.25) is 9.59 Å². The first-order valence-corrected chi connectivity index (χ1v) is 11.4. The Balaban J connectivity index is 1.88. The number of rotatable bonds is 6. The number of allylic oxidation sites excluding steroid dienone is 1. The molecular weight excluding hydrogens is 410 g/mol. The molecule has 32 heavy (non-hydrogen) atoms. The van der Waals surface area contributed by atoms with Crippen molar-refractivity contribution in [1.82, 2.24) is 14.8 Å². The molecule has 1 aromatic heterocycles. The van der Waals surface area contributed by atoms with Gasteiger partial charge in [0.2, 0.25) is 11.8 Å². The van der Waals surface area contributed by atoms with Crippen molar-refractivity contribution in [2.75, 3.05) is 40.0 Å². The molecule has 1 fully saturated rings. The summed E-state index contributed by atoms with van der Waals surface area (Å²) in [5.41, 5.74) is 1.17. The van der Waals surface area contributed by atoms with Gasteiger partial charge in [-0.05, 0) is 38.3 Å². The van der Waals surface area contributed by atoms with Crippen LogP contribution in [-0.4, -0.2) is 83.8 Å². The molecule has 176 valence electrons. The minimum atomic E-state index is -0.344. The fraction of sp³-hybridized carbons (Fsp3) is 0.625. The van der Waals surface area contributed by atoms with Crippen molar-refractivity contribution in [3.63, 3.8) is 0 Å². The molecule has 0 bridgehead atoms. The Morgan fingerprint density at radius 3 is 2.78 bits per heavy atom. The smallest absolute Gasteiger partial charge is 0.259 e.